The Labute approximate surface area is 160 Å². The zero-order valence-corrected chi connectivity index (χ0v) is 15.6. The minimum absolute atomic E-state index is 0.00661. The van der Waals surface area contributed by atoms with Gasteiger partial charge in [0.2, 0.25) is 5.91 Å². The molecule has 1 atom stereocenters. The number of rotatable bonds is 6. The molecule has 2 N–H and O–H groups in total. The van der Waals surface area contributed by atoms with Crippen LogP contribution in [0.15, 0.2) is 54.6 Å². The van der Waals surface area contributed by atoms with Gasteiger partial charge in [-0.2, -0.15) is 0 Å². The average Bonchev–Trinajstić information content (AvgIpc) is 2.69. The number of carbonyl (C=O) groups excluding carboxylic acids is 2. The molecule has 27 heavy (non-hydrogen) atoms. The molecule has 0 aliphatic carbocycles. The van der Waals surface area contributed by atoms with E-state index < -0.39 is 12.0 Å². The van der Waals surface area contributed by atoms with Crippen molar-refractivity contribution in [3.05, 3.63) is 65.7 Å². The molecule has 1 fully saturated rings. The molecule has 1 heterocycles. The standard InChI is InChI=1S/C22H26N2O3/c1-16(27-20-9-7-19(8-10-20)21(23)25)22(26)24-13-11-18(12-14-24)15-17-5-3-2-4-6-17/h2-10,16,18H,11-15H2,1H3,(H2,23,25)/t16-/m0/s1. The maximum absolute atomic E-state index is 12.7. The van der Waals surface area contributed by atoms with Gasteiger partial charge in [-0.3, -0.25) is 9.59 Å². The molecule has 1 aliphatic rings. The van der Waals surface area contributed by atoms with Crippen LogP contribution in [-0.4, -0.2) is 35.9 Å². The number of nitrogens with zero attached hydrogens (tertiary/aromatic N) is 1. The van der Waals surface area contributed by atoms with Crippen LogP contribution >= 0.6 is 0 Å². The second-order valence-corrected chi connectivity index (χ2v) is 7.11. The molecule has 0 aromatic heterocycles. The van der Waals surface area contributed by atoms with Crippen LogP contribution in [-0.2, 0) is 11.2 Å². The Morgan fingerprint density at radius 1 is 1.07 bits per heavy atom. The van der Waals surface area contributed by atoms with Gasteiger partial charge in [-0.25, -0.2) is 0 Å². The summed E-state index contributed by atoms with van der Waals surface area (Å²) in [6, 6.07) is 17.0. The third-order valence-electron chi connectivity index (χ3n) is 5.09. The van der Waals surface area contributed by atoms with Crippen molar-refractivity contribution < 1.29 is 14.3 Å². The van der Waals surface area contributed by atoms with E-state index in [2.05, 4.69) is 24.3 Å². The zero-order valence-electron chi connectivity index (χ0n) is 15.6. The molecule has 0 radical (unpaired) electrons. The Hall–Kier alpha value is -2.82. The number of ether oxygens (including phenoxy) is 1. The molecular formula is C22H26N2O3. The van der Waals surface area contributed by atoms with E-state index in [0.717, 1.165) is 32.4 Å². The van der Waals surface area contributed by atoms with Gasteiger partial charge < -0.3 is 15.4 Å². The molecule has 0 spiro atoms. The molecule has 5 heteroatoms. The van der Waals surface area contributed by atoms with E-state index in [9.17, 15) is 9.59 Å². The molecule has 1 saturated heterocycles. The van der Waals surface area contributed by atoms with Crippen molar-refractivity contribution in [3.63, 3.8) is 0 Å². The first kappa shape index (κ1) is 19.0. The van der Waals surface area contributed by atoms with Crippen molar-refractivity contribution in [2.24, 2.45) is 11.7 Å². The summed E-state index contributed by atoms with van der Waals surface area (Å²) in [5.41, 5.74) is 7.01. The molecule has 0 bridgehead atoms. The molecule has 1 aliphatic heterocycles. The second-order valence-electron chi connectivity index (χ2n) is 7.11. The first-order valence-electron chi connectivity index (χ1n) is 9.42. The Morgan fingerprint density at radius 2 is 1.70 bits per heavy atom. The van der Waals surface area contributed by atoms with Crippen molar-refractivity contribution in [3.8, 4) is 5.75 Å². The summed E-state index contributed by atoms with van der Waals surface area (Å²) in [4.78, 5) is 25.7. The van der Waals surface area contributed by atoms with Gasteiger partial charge in [0.25, 0.3) is 5.91 Å². The Balaban J connectivity index is 1.48. The number of primary amides is 1. The molecule has 142 valence electrons. The van der Waals surface area contributed by atoms with Crippen LogP contribution < -0.4 is 10.5 Å². The fraction of sp³-hybridized carbons (Fsp3) is 0.364. The van der Waals surface area contributed by atoms with Crippen LogP contribution in [0.5, 0.6) is 5.75 Å². The lowest BCUT2D eigenvalue weighted by Crippen LogP contribution is -2.45. The predicted molar refractivity (Wildman–Crippen MR) is 104 cm³/mol. The minimum atomic E-state index is -0.560. The number of piperidine rings is 1. The van der Waals surface area contributed by atoms with Gasteiger partial charge in [0.05, 0.1) is 0 Å². The number of carbonyl (C=O) groups is 2. The van der Waals surface area contributed by atoms with E-state index in [-0.39, 0.29) is 5.91 Å². The van der Waals surface area contributed by atoms with Crippen LogP contribution in [0.3, 0.4) is 0 Å². The summed E-state index contributed by atoms with van der Waals surface area (Å²) < 4.78 is 5.74. The third kappa shape index (κ3) is 5.09. The van der Waals surface area contributed by atoms with E-state index in [1.54, 1.807) is 31.2 Å². The van der Waals surface area contributed by atoms with Crippen molar-refractivity contribution >= 4 is 11.8 Å². The normalized spacial score (nSPS) is 16.0. The van der Waals surface area contributed by atoms with E-state index >= 15 is 0 Å². The van der Waals surface area contributed by atoms with Gasteiger partial charge >= 0.3 is 0 Å². The molecule has 0 unspecified atom stereocenters. The molecule has 2 amide bonds. The fourth-order valence-corrected chi connectivity index (χ4v) is 3.51. The van der Waals surface area contributed by atoms with Gasteiger partial charge in [0, 0.05) is 18.7 Å². The lowest BCUT2D eigenvalue weighted by Gasteiger charge is -2.33. The molecule has 2 aromatic carbocycles. The maximum Gasteiger partial charge on any atom is 0.263 e. The first-order chi connectivity index (χ1) is 13.0. The van der Waals surface area contributed by atoms with Crippen molar-refractivity contribution in [2.75, 3.05) is 13.1 Å². The summed E-state index contributed by atoms with van der Waals surface area (Å²) in [6.45, 7) is 3.30. The lowest BCUT2D eigenvalue weighted by atomic mass is 9.90. The van der Waals surface area contributed by atoms with Crippen LogP contribution in [0.4, 0.5) is 0 Å². The number of hydrogen-bond acceptors (Lipinski definition) is 3. The van der Waals surface area contributed by atoms with Crippen molar-refractivity contribution in [1.29, 1.82) is 0 Å². The predicted octanol–water partition coefficient (Wildman–Crippen LogP) is 3.03. The number of benzene rings is 2. The monoisotopic (exact) mass is 366 g/mol. The summed E-state index contributed by atoms with van der Waals surface area (Å²) in [5, 5.41) is 0. The fourth-order valence-electron chi connectivity index (χ4n) is 3.51. The van der Waals surface area contributed by atoms with Gasteiger partial charge in [-0.05, 0) is 61.9 Å². The number of nitrogens with two attached hydrogens (primary N) is 1. The number of likely N-dealkylation sites (tertiary alicyclic amines) is 1. The van der Waals surface area contributed by atoms with Crippen LogP contribution in [0.1, 0.15) is 35.7 Å². The van der Waals surface area contributed by atoms with E-state index in [4.69, 9.17) is 10.5 Å². The highest BCUT2D eigenvalue weighted by Gasteiger charge is 2.27. The van der Waals surface area contributed by atoms with Crippen molar-refractivity contribution in [1.82, 2.24) is 4.90 Å². The summed E-state index contributed by atoms with van der Waals surface area (Å²) >= 11 is 0. The highest BCUT2D eigenvalue weighted by Crippen LogP contribution is 2.23. The topological polar surface area (TPSA) is 72.6 Å². The maximum atomic E-state index is 12.7. The SMILES string of the molecule is C[C@H](Oc1ccc(C(N)=O)cc1)C(=O)N1CCC(Cc2ccccc2)CC1. The first-order valence-corrected chi connectivity index (χ1v) is 9.42. The Kier molecular flexibility index (Phi) is 6.12. The summed E-state index contributed by atoms with van der Waals surface area (Å²) in [6.07, 6.45) is 2.54. The lowest BCUT2D eigenvalue weighted by molar-refractivity contribution is -0.139. The smallest absolute Gasteiger partial charge is 0.263 e. The van der Waals surface area contributed by atoms with Crippen LogP contribution in [0.2, 0.25) is 0 Å². The highest BCUT2D eigenvalue weighted by atomic mass is 16.5. The molecular weight excluding hydrogens is 340 g/mol. The van der Waals surface area contributed by atoms with Crippen molar-refractivity contribution in [2.45, 2.75) is 32.3 Å². The average molecular weight is 366 g/mol. The van der Waals surface area contributed by atoms with Gasteiger partial charge in [-0.15, -0.1) is 0 Å². The molecule has 2 aromatic rings. The molecule has 5 nitrogen and oxygen atoms in total. The van der Waals surface area contributed by atoms with E-state index in [1.807, 2.05) is 11.0 Å². The van der Waals surface area contributed by atoms with Gasteiger partial charge in [-0.1, -0.05) is 30.3 Å². The Morgan fingerprint density at radius 3 is 2.30 bits per heavy atom. The summed E-state index contributed by atoms with van der Waals surface area (Å²) in [5.74, 6) is 0.699. The Bertz CT molecular complexity index is 766. The number of hydrogen-bond donors (Lipinski definition) is 1. The van der Waals surface area contributed by atoms with Gasteiger partial charge in [0.15, 0.2) is 6.10 Å². The quantitative estimate of drug-likeness (QED) is 0.854. The van der Waals surface area contributed by atoms with E-state index in [1.165, 1.54) is 5.56 Å². The zero-order chi connectivity index (χ0) is 19.2. The molecule has 3 rings (SSSR count). The number of amides is 2. The molecule has 0 saturated carbocycles. The van der Waals surface area contributed by atoms with Crippen LogP contribution in [0, 0.1) is 5.92 Å². The minimum Gasteiger partial charge on any atom is -0.481 e. The van der Waals surface area contributed by atoms with Gasteiger partial charge in [0.1, 0.15) is 5.75 Å². The third-order valence-corrected chi connectivity index (χ3v) is 5.09. The van der Waals surface area contributed by atoms with E-state index in [0.29, 0.717) is 17.2 Å². The highest BCUT2D eigenvalue weighted by molar-refractivity contribution is 5.92. The summed E-state index contributed by atoms with van der Waals surface area (Å²) in [7, 11) is 0. The second kappa shape index (κ2) is 8.71. The van der Waals surface area contributed by atoms with Crippen LogP contribution in [0.25, 0.3) is 0 Å². The largest absolute Gasteiger partial charge is 0.481 e.